The fourth-order valence-electron chi connectivity index (χ4n) is 2.76. The Morgan fingerprint density at radius 1 is 1.28 bits per heavy atom. The third-order valence-electron chi connectivity index (χ3n) is 4.08. The third-order valence-corrected chi connectivity index (χ3v) is 4.08. The topological polar surface area (TPSA) is 77.6 Å². The van der Waals surface area contributed by atoms with E-state index in [2.05, 4.69) is 27.3 Å². The Morgan fingerprint density at radius 2 is 2.04 bits per heavy atom. The monoisotopic (exact) mass is 338 g/mol. The number of rotatable bonds is 6. The summed E-state index contributed by atoms with van der Waals surface area (Å²) >= 11 is 0. The molecule has 0 bridgehead atoms. The molecule has 2 aromatic heterocycles. The fraction of sp³-hybridized carbons (Fsp3) is 0.333. The Morgan fingerprint density at radius 3 is 2.68 bits per heavy atom. The number of hydrogen-bond donors (Lipinski definition) is 1. The summed E-state index contributed by atoms with van der Waals surface area (Å²) in [4.78, 5) is 20.9. The number of hydrogen-bond acceptors (Lipinski definition) is 4. The van der Waals surface area contributed by atoms with Crippen molar-refractivity contribution < 1.29 is 4.79 Å². The Kier molecular flexibility index (Phi) is 4.92. The van der Waals surface area contributed by atoms with Crippen molar-refractivity contribution in [1.82, 2.24) is 29.6 Å². The van der Waals surface area contributed by atoms with Crippen molar-refractivity contribution in [2.24, 2.45) is 7.05 Å². The third kappa shape index (κ3) is 3.60. The summed E-state index contributed by atoms with van der Waals surface area (Å²) in [6.45, 7) is 4.78. The molecule has 1 atom stereocenters. The Hall–Kier alpha value is -2.96. The van der Waals surface area contributed by atoms with Crippen LogP contribution in [0.25, 0.3) is 11.3 Å². The predicted octanol–water partition coefficient (Wildman–Crippen LogP) is 2.58. The molecule has 130 valence electrons. The lowest BCUT2D eigenvalue weighted by Gasteiger charge is -2.14. The first-order chi connectivity index (χ1) is 12.1. The maximum absolute atomic E-state index is 12.5. The summed E-state index contributed by atoms with van der Waals surface area (Å²) in [5.41, 5.74) is 2.64. The molecule has 0 fully saturated rings. The van der Waals surface area contributed by atoms with Gasteiger partial charge in [0.2, 0.25) is 0 Å². The van der Waals surface area contributed by atoms with Crippen LogP contribution in [0.15, 0.2) is 43.1 Å². The highest BCUT2D eigenvalue weighted by atomic mass is 16.1. The normalized spacial score (nSPS) is 12.1. The largest absolute Gasteiger partial charge is 0.342 e. The summed E-state index contributed by atoms with van der Waals surface area (Å²) in [7, 11) is 1.94. The van der Waals surface area contributed by atoms with Crippen molar-refractivity contribution in [2.75, 3.05) is 0 Å². The van der Waals surface area contributed by atoms with E-state index in [9.17, 15) is 4.79 Å². The van der Waals surface area contributed by atoms with Gasteiger partial charge in [0.05, 0.1) is 24.3 Å². The first-order valence-electron chi connectivity index (χ1n) is 8.35. The molecule has 1 N–H and O–H groups in total. The number of imidazole rings is 1. The van der Waals surface area contributed by atoms with Gasteiger partial charge in [-0.2, -0.15) is 5.10 Å². The molecule has 0 radical (unpaired) electrons. The van der Waals surface area contributed by atoms with Crippen LogP contribution in [0, 0.1) is 0 Å². The van der Waals surface area contributed by atoms with Crippen LogP contribution in [0.5, 0.6) is 0 Å². The molecule has 1 unspecified atom stereocenters. The number of benzene rings is 1. The minimum atomic E-state index is -0.210. The van der Waals surface area contributed by atoms with E-state index in [1.54, 1.807) is 12.5 Å². The van der Waals surface area contributed by atoms with E-state index < -0.39 is 0 Å². The Labute approximate surface area is 146 Å². The van der Waals surface area contributed by atoms with Crippen molar-refractivity contribution in [2.45, 2.75) is 32.9 Å². The summed E-state index contributed by atoms with van der Waals surface area (Å²) in [5.74, 6) is 0.636. The summed E-state index contributed by atoms with van der Waals surface area (Å²) in [6, 6.07) is 7.28. The van der Waals surface area contributed by atoms with E-state index >= 15 is 0 Å². The van der Waals surface area contributed by atoms with Crippen molar-refractivity contribution in [3.05, 3.63) is 54.5 Å². The lowest BCUT2D eigenvalue weighted by atomic mass is 10.1. The SMILES string of the molecule is CCCn1ncnc1C(C)NC(=O)c1ccc(-c2cncn2C)cc1. The molecule has 0 aliphatic carbocycles. The van der Waals surface area contributed by atoms with Crippen LogP contribution in [0.1, 0.15) is 42.5 Å². The first kappa shape index (κ1) is 16.9. The van der Waals surface area contributed by atoms with E-state index in [1.165, 1.54) is 6.33 Å². The van der Waals surface area contributed by atoms with Gasteiger partial charge >= 0.3 is 0 Å². The van der Waals surface area contributed by atoms with Crippen LogP contribution >= 0.6 is 0 Å². The molecule has 25 heavy (non-hydrogen) atoms. The van der Waals surface area contributed by atoms with Gasteiger partial charge in [0.15, 0.2) is 0 Å². The summed E-state index contributed by atoms with van der Waals surface area (Å²) in [6.07, 6.45) is 6.05. The number of aromatic nitrogens is 5. The molecule has 0 saturated carbocycles. The van der Waals surface area contributed by atoms with Gasteiger partial charge in [-0.15, -0.1) is 0 Å². The zero-order valence-electron chi connectivity index (χ0n) is 14.7. The van der Waals surface area contributed by atoms with Crippen LogP contribution in [-0.4, -0.2) is 30.2 Å². The highest BCUT2D eigenvalue weighted by molar-refractivity contribution is 5.94. The molecule has 1 aromatic carbocycles. The van der Waals surface area contributed by atoms with Crippen molar-refractivity contribution >= 4 is 5.91 Å². The minimum Gasteiger partial charge on any atom is -0.342 e. The van der Waals surface area contributed by atoms with Gasteiger partial charge in [-0.25, -0.2) is 14.6 Å². The molecule has 7 nitrogen and oxygen atoms in total. The van der Waals surface area contributed by atoms with Crippen LogP contribution in [0.4, 0.5) is 0 Å². The van der Waals surface area contributed by atoms with Gasteiger partial charge in [-0.3, -0.25) is 4.79 Å². The quantitative estimate of drug-likeness (QED) is 0.749. The second-order valence-electron chi connectivity index (χ2n) is 6.00. The van der Waals surface area contributed by atoms with Gasteiger partial charge in [0, 0.05) is 19.2 Å². The van der Waals surface area contributed by atoms with E-state index in [4.69, 9.17) is 0 Å². The standard InChI is InChI=1S/C18H22N6O/c1-4-9-24-17(20-11-21-24)13(2)22-18(25)15-7-5-14(6-8-15)16-10-19-12-23(16)3/h5-8,10-13H,4,9H2,1-3H3,(H,22,25). The molecule has 2 heterocycles. The average Bonchev–Trinajstić information content (AvgIpc) is 3.24. The van der Waals surface area contributed by atoms with Crippen molar-refractivity contribution in [3.63, 3.8) is 0 Å². The van der Waals surface area contributed by atoms with Gasteiger partial charge in [0.1, 0.15) is 12.2 Å². The molecule has 0 aliphatic heterocycles. The molecule has 0 spiro atoms. The summed E-state index contributed by atoms with van der Waals surface area (Å²) in [5, 5.41) is 7.18. The lowest BCUT2D eigenvalue weighted by molar-refractivity contribution is 0.0937. The lowest BCUT2D eigenvalue weighted by Crippen LogP contribution is -2.29. The molecule has 1 amide bonds. The maximum atomic E-state index is 12.5. The first-order valence-corrected chi connectivity index (χ1v) is 8.35. The molecule has 3 aromatic rings. The number of aryl methyl sites for hydroxylation is 2. The zero-order valence-corrected chi connectivity index (χ0v) is 14.7. The Balaban J connectivity index is 1.71. The van der Waals surface area contributed by atoms with Gasteiger partial charge in [-0.05, 0) is 31.0 Å². The zero-order chi connectivity index (χ0) is 17.8. The van der Waals surface area contributed by atoms with Gasteiger partial charge < -0.3 is 9.88 Å². The Bertz CT molecular complexity index is 849. The summed E-state index contributed by atoms with van der Waals surface area (Å²) < 4.78 is 3.77. The van der Waals surface area contributed by atoms with Crippen LogP contribution in [0.3, 0.4) is 0 Å². The molecular formula is C18H22N6O. The van der Waals surface area contributed by atoms with Crippen LogP contribution in [0.2, 0.25) is 0 Å². The number of carbonyl (C=O) groups excluding carboxylic acids is 1. The highest BCUT2D eigenvalue weighted by Crippen LogP contribution is 2.19. The van der Waals surface area contributed by atoms with E-state index in [0.29, 0.717) is 5.56 Å². The second kappa shape index (κ2) is 7.29. The van der Waals surface area contributed by atoms with Gasteiger partial charge in [0.25, 0.3) is 5.91 Å². The number of carbonyl (C=O) groups is 1. The van der Waals surface area contributed by atoms with Crippen molar-refractivity contribution in [1.29, 1.82) is 0 Å². The fourth-order valence-corrected chi connectivity index (χ4v) is 2.76. The maximum Gasteiger partial charge on any atom is 0.251 e. The van der Waals surface area contributed by atoms with E-state index in [-0.39, 0.29) is 11.9 Å². The predicted molar refractivity (Wildman–Crippen MR) is 94.8 cm³/mol. The number of nitrogens with one attached hydrogen (secondary N) is 1. The average molecular weight is 338 g/mol. The highest BCUT2D eigenvalue weighted by Gasteiger charge is 2.16. The molecule has 7 heteroatoms. The second-order valence-corrected chi connectivity index (χ2v) is 6.00. The van der Waals surface area contributed by atoms with Crippen molar-refractivity contribution in [3.8, 4) is 11.3 Å². The molecule has 0 saturated heterocycles. The molecule has 3 rings (SSSR count). The van der Waals surface area contributed by atoms with E-state index in [1.807, 2.05) is 47.5 Å². The number of amides is 1. The number of nitrogens with zero attached hydrogens (tertiary/aromatic N) is 5. The molecule has 0 aliphatic rings. The van der Waals surface area contributed by atoms with Crippen LogP contribution in [-0.2, 0) is 13.6 Å². The smallest absolute Gasteiger partial charge is 0.251 e. The van der Waals surface area contributed by atoms with Crippen LogP contribution < -0.4 is 5.32 Å². The molecular weight excluding hydrogens is 316 g/mol. The minimum absolute atomic E-state index is 0.130. The van der Waals surface area contributed by atoms with Gasteiger partial charge in [-0.1, -0.05) is 19.1 Å². The van der Waals surface area contributed by atoms with E-state index in [0.717, 1.165) is 30.0 Å².